The van der Waals surface area contributed by atoms with Gasteiger partial charge in [0.15, 0.2) is 11.5 Å². The van der Waals surface area contributed by atoms with Crippen LogP contribution in [0, 0.1) is 0 Å². The lowest BCUT2D eigenvalue weighted by Gasteiger charge is -2.24. The highest BCUT2D eigenvalue weighted by Gasteiger charge is 2.33. The van der Waals surface area contributed by atoms with Crippen molar-refractivity contribution in [3.05, 3.63) is 62.8 Å². The number of ketones is 1. The quantitative estimate of drug-likeness (QED) is 0.769. The van der Waals surface area contributed by atoms with E-state index in [0.717, 1.165) is 13.1 Å². The number of ether oxygens (including phenoxy) is 2. The summed E-state index contributed by atoms with van der Waals surface area (Å²) in [6.45, 7) is 3.64. The van der Waals surface area contributed by atoms with Gasteiger partial charge in [-0.2, -0.15) is 0 Å². The predicted octanol–water partition coefficient (Wildman–Crippen LogP) is 2.73. The molecule has 0 aliphatic carbocycles. The minimum absolute atomic E-state index is 0.131. The first-order valence-corrected chi connectivity index (χ1v) is 9.44. The molecular formula is C20H18Cl2NO4+. The SMILES string of the molecule is O=C1/C(=C/c2ccc(Cl)cc2Cl)Oc2c1ccc(O)c2C[NH+]1CCOCC1. The second-order valence-electron chi connectivity index (χ2n) is 6.58. The molecule has 0 bridgehead atoms. The zero-order chi connectivity index (χ0) is 19.0. The van der Waals surface area contributed by atoms with Crippen LogP contribution >= 0.6 is 23.2 Å². The number of quaternary nitrogens is 1. The number of hydrogen-bond donors (Lipinski definition) is 2. The number of phenolic OH excluding ortho intramolecular Hbond substituents is 1. The van der Waals surface area contributed by atoms with Crippen molar-refractivity contribution in [3.8, 4) is 11.5 Å². The summed E-state index contributed by atoms with van der Waals surface area (Å²) in [5, 5.41) is 11.3. The Balaban J connectivity index is 1.67. The Bertz CT molecular complexity index is 936. The molecule has 0 atom stereocenters. The van der Waals surface area contributed by atoms with Crippen molar-refractivity contribution in [2.24, 2.45) is 0 Å². The van der Waals surface area contributed by atoms with Crippen LogP contribution in [0.3, 0.4) is 0 Å². The number of nitrogens with one attached hydrogen (secondary N) is 1. The lowest BCUT2D eigenvalue weighted by atomic mass is 10.0. The van der Waals surface area contributed by atoms with Crippen molar-refractivity contribution in [2.75, 3.05) is 26.3 Å². The molecule has 1 saturated heterocycles. The largest absolute Gasteiger partial charge is 0.507 e. The summed E-state index contributed by atoms with van der Waals surface area (Å²) in [5.41, 5.74) is 1.73. The Kier molecular flexibility index (Phi) is 5.10. The monoisotopic (exact) mass is 406 g/mol. The summed E-state index contributed by atoms with van der Waals surface area (Å²) in [6.07, 6.45) is 1.60. The third-order valence-electron chi connectivity index (χ3n) is 4.79. The van der Waals surface area contributed by atoms with Crippen molar-refractivity contribution >= 4 is 35.1 Å². The number of fused-ring (bicyclic) bond motifs is 1. The molecule has 2 aliphatic heterocycles. The standard InChI is InChI=1S/C20H17Cl2NO4/c21-13-2-1-12(16(22)10-13)9-18-19(25)14-3-4-17(24)15(20(14)27-18)11-23-5-7-26-8-6-23/h1-4,9-10,24H,5-8,11H2/p+1/b18-9-. The highest BCUT2D eigenvalue weighted by atomic mass is 35.5. The van der Waals surface area contributed by atoms with Gasteiger partial charge in [-0.1, -0.05) is 29.3 Å². The Hall–Kier alpha value is -2.05. The van der Waals surface area contributed by atoms with E-state index in [9.17, 15) is 9.90 Å². The van der Waals surface area contributed by atoms with Crippen molar-refractivity contribution in [2.45, 2.75) is 6.54 Å². The molecular weight excluding hydrogens is 389 g/mol. The molecule has 0 spiro atoms. The molecule has 4 rings (SSSR count). The molecule has 7 heteroatoms. The first-order chi connectivity index (χ1) is 13.0. The van der Waals surface area contributed by atoms with Gasteiger partial charge in [0.2, 0.25) is 5.78 Å². The summed E-state index contributed by atoms with van der Waals surface area (Å²) in [7, 11) is 0. The normalized spacial score (nSPS) is 18.6. The van der Waals surface area contributed by atoms with Crippen LogP contribution < -0.4 is 9.64 Å². The minimum atomic E-state index is -0.228. The van der Waals surface area contributed by atoms with Crippen molar-refractivity contribution in [1.29, 1.82) is 0 Å². The number of halogens is 2. The Morgan fingerprint density at radius 3 is 2.67 bits per heavy atom. The van der Waals surface area contributed by atoms with Gasteiger partial charge in [-0.3, -0.25) is 4.79 Å². The van der Waals surface area contributed by atoms with Crippen LogP contribution in [-0.2, 0) is 11.3 Å². The topological polar surface area (TPSA) is 60.2 Å². The van der Waals surface area contributed by atoms with Gasteiger partial charge < -0.3 is 19.5 Å². The smallest absolute Gasteiger partial charge is 0.231 e. The molecule has 2 aromatic rings. The molecule has 0 aromatic heterocycles. The fraction of sp³-hybridized carbons (Fsp3) is 0.250. The van der Waals surface area contributed by atoms with Gasteiger partial charge in [-0.05, 0) is 35.9 Å². The number of rotatable bonds is 3. The molecule has 2 aliphatic rings. The highest BCUT2D eigenvalue weighted by molar-refractivity contribution is 6.35. The molecule has 2 heterocycles. The van der Waals surface area contributed by atoms with Gasteiger partial charge in [0, 0.05) is 10.0 Å². The van der Waals surface area contributed by atoms with E-state index in [4.69, 9.17) is 32.7 Å². The van der Waals surface area contributed by atoms with Crippen LogP contribution in [0.4, 0.5) is 0 Å². The maximum atomic E-state index is 12.8. The Morgan fingerprint density at radius 1 is 1.15 bits per heavy atom. The first kappa shape index (κ1) is 18.3. The summed E-state index contributed by atoms with van der Waals surface area (Å²) < 4.78 is 11.3. The molecule has 0 amide bonds. The van der Waals surface area contributed by atoms with E-state index < -0.39 is 0 Å². The van der Waals surface area contributed by atoms with E-state index in [0.29, 0.717) is 52.2 Å². The zero-order valence-corrected chi connectivity index (χ0v) is 15.9. The van der Waals surface area contributed by atoms with Crippen molar-refractivity contribution in [3.63, 3.8) is 0 Å². The first-order valence-electron chi connectivity index (χ1n) is 8.68. The summed E-state index contributed by atoms with van der Waals surface area (Å²) in [5.74, 6) is 0.508. The molecule has 0 saturated carbocycles. The van der Waals surface area contributed by atoms with Gasteiger partial charge in [0.25, 0.3) is 0 Å². The number of allylic oxidation sites excluding steroid dienone is 1. The van der Waals surface area contributed by atoms with Crippen LogP contribution in [0.25, 0.3) is 6.08 Å². The van der Waals surface area contributed by atoms with E-state index in [1.807, 2.05) is 0 Å². The van der Waals surface area contributed by atoms with Crippen molar-refractivity contribution in [1.82, 2.24) is 0 Å². The average Bonchev–Trinajstić information content (AvgIpc) is 2.97. The van der Waals surface area contributed by atoms with Crippen LogP contribution in [0.1, 0.15) is 21.5 Å². The molecule has 27 heavy (non-hydrogen) atoms. The fourth-order valence-electron chi connectivity index (χ4n) is 3.31. The Morgan fingerprint density at radius 2 is 1.93 bits per heavy atom. The molecule has 2 N–H and O–H groups in total. The zero-order valence-electron chi connectivity index (χ0n) is 14.4. The third kappa shape index (κ3) is 3.69. The van der Waals surface area contributed by atoms with Gasteiger partial charge >= 0.3 is 0 Å². The van der Waals surface area contributed by atoms with E-state index in [2.05, 4.69) is 0 Å². The maximum absolute atomic E-state index is 12.8. The molecule has 1 fully saturated rings. The lowest BCUT2D eigenvalue weighted by molar-refractivity contribution is -0.921. The fourth-order valence-corrected chi connectivity index (χ4v) is 3.78. The number of carbonyl (C=O) groups excluding carboxylic acids is 1. The second-order valence-corrected chi connectivity index (χ2v) is 7.43. The van der Waals surface area contributed by atoms with E-state index in [1.165, 1.54) is 4.90 Å². The number of carbonyl (C=O) groups is 1. The Labute approximate surface area is 166 Å². The number of aromatic hydroxyl groups is 1. The maximum Gasteiger partial charge on any atom is 0.231 e. The number of morpholine rings is 1. The highest BCUT2D eigenvalue weighted by Crippen LogP contribution is 2.39. The van der Waals surface area contributed by atoms with Gasteiger partial charge in [0.1, 0.15) is 25.4 Å². The lowest BCUT2D eigenvalue weighted by Crippen LogP contribution is -3.12. The summed E-state index contributed by atoms with van der Waals surface area (Å²) in [6, 6.07) is 8.18. The predicted molar refractivity (Wildman–Crippen MR) is 103 cm³/mol. The van der Waals surface area contributed by atoms with Crippen LogP contribution in [0.5, 0.6) is 11.5 Å². The molecule has 2 aromatic carbocycles. The summed E-state index contributed by atoms with van der Waals surface area (Å²) in [4.78, 5) is 14.0. The second kappa shape index (κ2) is 7.52. The van der Waals surface area contributed by atoms with Crippen LogP contribution in [0.15, 0.2) is 36.1 Å². The van der Waals surface area contributed by atoms with Crippen LogP contribution in [0.2, 0.25) is 10.0 Å². The third-order valence-corrected chi connectivity index (χ3v) is 5.35. The van der Waals surface area contributed by atoms with Gasteiger partial charge in [-0.15, -0.1) is 0 Å². The average molecular weight is 407 g/mol. The molecule has 0 unspecified atom stereocenters. The minimum Gasteiger partial charge on any atom is -0.507 e. The van der Waals surface area contributed by atoms with E-state index >= 15 is 0 Å². The van der Waals surface area contributed by atoms with Crippen molar-refractivity contribution < 1.29 is 24.3 Å². The van der Waals surface area contributed by atoms with E-state index in [1.54, 1.807) is 36.4 Å². The van der Waals surface area contributed by atoms with Crippen LogP contribution in [-0.4, -0.2) is 37.2 Å². The number of hydrogen-bond acceptors (Lipinski definition) is 4. The number of Topliss-reactive ketones (excluding diaryl/α,β-unsaturated/α-hetero) is 1. The number of benzene rings is 2. The molecule has 0 radical (unpaired) electrons. The van der Waals surface area contributed by atoms with E-state index in [-0.39, 0.29) is 17.3 Å². The molecule has 5 nitrogen and oxygen atoms in total. The molecule has 140 valence electrons. The number of phenols is 1. The van der Waals surface area contributed by atoms with Gasteiger partial charge in [0.05, 0.1) is 24.3 Å². The van der Waals surface area contributed by atoms with Gasteiger partial charge in [-0.25, -0.2) is 0 Å². The summed E-state index contributed by atoms with van der Waals surface area (Å²) >= 11 is 12.1.